The number of carbonyl (C=O) groups excluding carboxylic acids is 3. The number of primary amides is 1. The minimum atomic E-state index is -3.93. The van der Waals surface area contributed by atoms with Crippen LogP contribution in [-0.2, 0) is 24.3 Å². The molecule has 0 radical (unpaired) electrons. The molecule has 0 heterocycles. The zero-order chi connectivity index (χ0) is 22.3. The quantitative estimate of drug-likeness (QED) is 0.437. The number of nitrogens with two attached hydrogens (primary N) is 2. The van der Waals surface area contributed by atoms with Gasteiger partial charge in [-0.1, -0.05) is 29.8 Å². The minimum Gasteiger partial charge on any atom is -0.455 e. The van der Waals surface area contributed by atoms with Gasteiger partial charge in [0.15, 0.2) is 6.61 Å². The Morgan fingerprint density at radius 1 is 1.10 bits per heavy atom. The number of hydrogen-bond donors (Lipinski definition) is 4. The molecular formula is C18H19ClN4O6S. The summed E-state index contributed by atoms with van der Waals surface area (Å²) in [6, 6.07) is 10.1. The smallest absolute Gasteiger partial charge is 0.312 e. The van der Waals surface area contributed by atoms with Crippen LogP contribution in [0.4, 0.5) is 10.5 Å². The van der Waals surface area contributed by atoms with Gasteiger partial charge >= 0.3 is 12.0 Å². The fourth-order valence-electron chi connectivity index (χ4n) is 2.44. The molecule has 3 amide bonds. The molecule has 160 valence electrons. The van der Waals surface area contributed by atoms with Crippen molar-refractivity contribution in [2.24, 2.45) is 10.9 Å². The summed E-state index contributed by atoms with van der Waals surface area (Å²) in [6.07, 6.45) is -0.279. The largest absolute Gasteiger partial charge is 0.455 e. The summed E-state index contributed by atoms with van der Waals surface area (Å²) < 4.78 is 27.6. The molecule has 30 heavy (non-hydrogen) atoms. The Morgan fingerprint density at radius 2 is 1.77 bits per heavy atom. The lowest BCUT2D eigenvalue weighted by molar-refractivity contribution is -0.147. The van der Waals surface area contributed by atoms with Gasteiger partial charge in [-0.15, -0.1) is 0 Å². The Bertz CT molecular complexity index is 1040. The Balaban J connectivity index is 1.94. The lowest BCUT2D eigenvalue weighted by atomic mass is 10.0. The van der Waals surface area contributed by atoms with Crippen LogP contribution in [0.3, 0.4) is 0 Å². The van der Waals surface area contributed by atoms with Crippen molar-refractivity contribution in [3.8, 4) is 0 Å². The Morgan fingerprint density at radius 3 is 2.37 bits per heavy atom. The first-order valence-corrected chi connectivity index (χ1v) is 10.4. The molecule has 6 N–H and O–H groups in total. The maximum Gasteiger partial charge on any atom is 0.312 e. The average Bonchev–Trinajstić information content (AvgIpc) is 2.66. The number of anilines is 1. The number of amides is 3. The standard InChI is InChI=1S/C18H19ClN4O6S/c19-12-6-4-11(5-7-12)15(23-18(20)26)9-17(25)29-10-16(24)22-13-2-1-3-14(8-13)30(21,27)28/h1-8,15H,9-10H2,(H,22,24)(H3,20,23,26)(H2,21,27,28). The lowest BCUT2D eigenvalue weighted by Gasteiger charge is -2.17. The molecule has 0 aromatic heterocycles. The minimum absolute atomic E-state index is 0.164. The van der Waals surface area contributed by atoms with E-state index in [-0.39, 0.29) is 17.0 Å². The van der Waals surface area contributed by atoms with E-state index in [1.54, 1.807) is 24.3 Å². The summed E-state index contributed by atoms with van der Waals surface area (Å²) in [6.45, 7) is -0.623. The monoisotopic (exact) mass is 454 g/mol. The van der Waals surface area contributed by atoms with Crippen molar-refractivity contribution in [2.45, 2.75) is 17.4 Å². The second-order valence-electron chi connectivity index (χ2n) is 6.10. The lowest BCUT2D eigenvalue weighted by Crippen LogP contribution is -2.35. The van der Waals surface area contributed by atoms with E-state index >= 15 is 0 Å². The molecule has 2 aromatic rings. The first-order chi connectivity index (χ1) is 14.0. The van der Waals surface area contributed by atoms with Crippen molar-refractivity contribution >= 4 is 45.2 Å². The molecule has 0 saturated carbocycles. The Labute approximate surface area is 177 Å². The van der Waals surface area contributed by atoms with E-state index in [1.165, 1.54) is 24.3 Å². The summed E-state index contributed by atoms with van der Waals surface area (Å²) in [5, 5.41) is 10.3. The van der Waals surface area contributed by atoms with E-state index in [0.717, 1.165) is 0 Å². The third kappa shape index (κ3) is 7.35. The molecule has 10 nitrogen and oxygen atoms in total. The molecule has 2 aromatic carbocycles. The Kier molecular flexibility index (Phi) is 7.75. The normalized spacial score (nSPS) is 11.9. The number of sulfonamides is 1. The zero-order valence-corrected chi connectivity index (χ0v) is 17.1. The van der Waals surface area contributed by atoms with E-state index in [1.807, 2.05) is 0 Å². The van der Waals surface area contributed by atoms with Crippen molar-refractivity contribution in [3.05, 3.63) is 59.1 Å². The van der Waals surface area contributed by atoms with Gasteiger partial charge in [0.1, 0.15) is 0 Å². The number of carbonyl (C=O) groups is 3. The van der Waals surface area contributed by atoms with Crippen LogP contribution in [0, 0.1) is 0 Å². The third-order valence-corrected chi connectivity index (χ3v) is 4.93. The SMILES string of the molecule is NC(=O)NC(CC(=O)OCC(=O)Nc1cccc(S(N)(=O)=O)c1)c1ccc(Cl)cc1. The van der Waals surface area contributed by atoms with Gasteiger partial charge in [0.25, 0.3) is 5.91 Å². The second kappa shape index (κ2) is 10.1. The van der Waals surface area contributed by atoms with Crippen LogP contribution >= 0.6 is 11.6 Å². The molecular weight excluding hydrogens is 436 g/mol. The summed E-state index contributed by atoms with van der Waals surface area (Å²) in [5.74, 6) is -1.46. The first kappa shape index (κ1) is 23.1. The number of ether oxygens (including phenoxy) is 1. The highest BCUT2D eigenvalue weighted by Gasteiger charge is 2.19. The second-order valence-corrected chi connectivity index (χ2v) is 8.10. The Hall–Kier alpha value is -3.15. The van der Waals surface area contributed by atoms with E-state index < -0.39 is 40.6 Å². The summed E-state index contributed by atoms with van der Waals surface area (Å²) in [7, 11) is -3.93. The fraction of sp³-hybridized carbons (Fsp3) is 0.167. The van der Waals surface area contributed by atoms with Crippen molar-refractivity contribution in [1.82, 2.24) is 5.32 Å². The van der Waals surface area contributed by atoms with Gasteiger partial charge in [-0.2, -0.15) is 0 Å². The van der Waals surface area contributed by atoms with Crippen molar-refractivity contribution in [2.75, 3.05) is 11.9 Å². The molecule has 0 spiro atoms. The number of urea groups is 1. The average molecular weight is 455 g/mol. The molecule has 12 heteroatoms. The van der Waals surface area contributed by atoms with Gasteiger partial charge in [-0.05, 0) is 35.9 Å². The van der Waals surface area contributed by atoms with Gasteiger partial charge in [0.2, 0.25) is 10.0 Å². The zero-order valence-electron chi connectivity index (χ0n) is 15.5. The molecule has 0 fully saturated rings. The summed E-state index contributed by atoms with van der Waals surface area (Å²) in [5.41, 5.74) is 5.88. The van der Waals surface area contributed by atoms with Gasteiger partial charge in [-0.25, -0.2) is 18.4 Å². The summed E-state index contributed by atoms with van der Waals surface area (Å²) >= 11 is 5.83. The molecule has 0 bridgehead atoms. The molecule has 0 saturated heterocycles. The number of halogens is 1. The number of nitrogens with one attached hydrogen (secondary N) is 2. The number of esters is 1. The number of benzene rings is 2. The predicted octanol–water partition coefficient (Wildman–Crippen LogP) is 1.27. The van der Waals surface area contributed by atoms with E-state index in [4.69, 9.17) is 27.2 Å². The molecule has 0 aliphatic heterocycles. The molecule has 0 aliphatic rings. The molecule has 2 rings (SSSR count). The number of primary sulfonamides is 1. The van der Waals surface area contributed by atoms with Crippen LogP contribution in [0.15, 0.2) is 53.4 Å². The van der Waals surface area contributed by atoms with Crippen molar-refractivity contribution in [3.63, 3.8) is 0 Å². The van der Waals surface area contributed by atoms with Crippen molar-refractivity contribution in [1.29, 1.82) is 0 Å². The highest BCUT2D eigenvalue weighted by Crippen LogP contribution is 2.20. The van der Waals surface area contributed by atoms with E-state index in [9.17, 15) is 22.8 Å². The molecule has 1 atom stereocenters. The highest BCUT2D eigenvalue weighted by molar-refractivity contribution is 7.89. The van der Waals surface area contributed by atoms with Gasteiger partial charge in [0, 0.05) is 10.7 Å². The van der Waals surface area contributed by atoms with Crippen molar-refractivity contribution < 1.29 is 27.5 Å². The predicted molar refractivity (Wildman–Crippen MR) is 109 cm³/mol. The third-order valence-electron chi connectivity index (χ3n) is 3.77. The summed E-state index contributed by atoms with van der Waals surface area (Å²) in [4.78, 5) is 35.1. The van der Waals surface area contributed by atoms with Gasteiger partial charge in [-0.3, -0.25) is 9.59 Å². The maximum atomic E-state index is 12.1. The molecule has 0 aliphatic carbocycles. The van der Waals surface area contributed by atoms with E-state index in [0.29, 0.717) is 10.6 Å². The maximum absolute atomic E-state index is 12.1. The van der Waals surface area contributed by atoms with Crippen LogP contribution in [0.5, 0.6) is 0 Å². The number of hydrogen-bond acceptors (Lipinski definition) is 6. The van der Waals surface area contributed by atoms with Crippen LogP contribution in [0.1, 0.15) is 18.0 Å². The van der Waals surface area contributed by atoms with Gasteiger partial charge < -0.3 is 21.1 Å². The van der Waals surface area contributed by atoms with Crippen LogP contribution in [0.25, 0.3) is 0 Å². The first-order valence-electron chi connectivity index (χ1n) is 8.44. The van der Waals surface area contributed by atoms with Gasteiger partial charge in [0.05, 0.1) is 17.4 Å². The van der Waals surface area contributed by atoms with Crippen LogP contribution in [0.2, 0.25) is 5.02 Å². The number of rotatable bonds is 8. The molecule has 1 unspecified atom stereocenters. The van der Waals surface area contributed by atoms with E-state index in [2.05, 4.69) is 10.6 Å². The van der Waals surface area contributed by atoms with Crippen LogP contribution < -0.4 is 21.5 Å². The highest BCUT2D eigenvalue weighted by atomic mass is 35.5. The topological polar surface area (TPSA) is 171 Å². The van der Waals surface area contributed by atoms with Crippen LogP contribution in [-0.4, -0.2) is 32.9 Å². The fourth-order valence-corrected chi connectivity index (χ4v) is 3.12.